The number of nitrogens with zero attached hydrogens (tertiary/aromatic N) is 1. The first-order valence-electron chi connectivity index (χ1n) is 11.7. The van der Waals surface area contributed by atoms with E-state index in [2.05, 4.69) is 23.3 Å². The molecule has 2 aliphatic rings. The summed E-state index contributed by atoms with van der Waals surface area (Å²) >= 11 is 12.8. The Bertz CT molecular complexity index is 1220. The number of fused-ring (bicyclic) bond motifs is 1. The van der Waals surface area contributed by atoms with Crippen molar-refractivity contribution in [3.05, 3.63) is 57.7 Å². The predicted octanol–water partition coefficient (Wildman–Crippen LogP) is 7.18. The summed E-state index contributed by atoms with van der Waals surface area (Å²) < 4.78 is 0. The molecule has 3 N–H and O–H groups in total. The molecule has 2 aliphatic carbocycles. The number of nitrogens with one attached hydrogen (secondary N) is 1. The zero-order chi connectivity index (χ0) is 23.3. The highest BCUT2D eigenvalue weighted by atomic mass is 35.5. The van der Waals surface area contributed by atoms with Crippen molar-refractivity contribution in [2.75, 3.05) is 5.32 Å². The average Bonchev–Trinajstić information content (AvgIpc) is 3.63. The SMILES string of the molecule is Cc1c(Cl)cc(-c2ccc3ncc(C(=O)C4CC4)c(NC4CCC(C)(N)CC4)c3c2)cc1Cl. The minimum absolute atomic E-state index is 0.109. The number of aromatic nitrogens is 1. The molecule has 2 aromatic carbocycles. The molecule has 1 heterocycles. The zero-order valence-corrected chi connectivity index (χ0v) is 20.6. The Balaban J connectivity index is 1.60. The van der Waals surface area contributed by atoms with E-state index in [4.69, 9.17) is 28.9 Å². The first-order valence-corrected chi connectivity index (χ1v) is 12.5. The number of ketones is 1. The molecule has 33 heavy (non-hydrogen) atoms. The van der Waals surface area contributed by atoms with E-state index in [9.17, 15) is 4.79 Å². The van der Waals surface area contributed by atoms with Gasteiger partial charge in [0.15, 0.2) is 5.78 Å². The van der Waals surface area contributed by atoms with E-state index in [1.165, 1.54) is 0 Å². The monoisotopic (exact) mass is 481 g/mol. The summed E-state index contributed by atoms with van der Waals surface area (Å²) in [7, 11) is 0. The van der Waals surface area contributed by atoms with Gasteiger partial charge in [-0.05, 0) is 93.3 Å². The van der Waals surface area contributed by atoms with E-state index < -0.39 is 0 Å². The lowest BCUT2D eigenvalue weighted by atomic mass is 9.81. The van der Waals surface area contributed by atoms with Crippen LogP contribution in [0.2, 0.25) is 10.0 Å². The molecule has 4 nitrogen and oxygen atoms in total. The molecule has 0 spiro atoms. The van der Waals surface area contributed by atoms with Crippen LogP contribution in [0.4, 0.5) is 5.69 Å². The fourth-order valence-electron chi connectivity index (χ4n) is 4.72. The van der Waals surface area contributed by atoms with Crippen LogP contribution in [0.25, 0.3) is 22.0 Å². The van der Waals surface area contributed by atoms with E-state index in [-0.39, 0.29) is 23.3 Å². The molecule has 6 heteroatoms. The van der Waals surface area contributed by atoms with Crippen molar-refractivity contribution >= 4 is 45.6 Å². The second-order valence-corrected chi connectivity index (χ2v) is 10.9. The normalized spacial score (nSPS) is 23.0. The fraction of sp³-hybridized carbons (Fsp3) is 0.407. The lowest BCUT2D eigenvalue weighted by Gasteiger charge is -2.35. The summed E-state index contributed by atoms with van der Waals surface area (Å²) in [6, 6.07) is 10.3. The highest BCUT2D eigenvalue weighted by Crippen LogP contribution is 2.39. The molecular formula is C27H29Cl2N3O. The van der Waals surface area contributed by atoms with Crippen molar-refractivity contribution in [3.8, 4) is 11.1 Å². The minimum Gasteiger partial charge on any atom is -0.381 e. The summed E-state index contributed by atoms with van der Waals surface area (Å²) in [5, 5.41) is 5.96. The van der Waals surface area contributed by atoms with Gasteiger partial charge in [0.25, 0.3) is 0 Å². The van der Waals surface area contributed by atoms with E-state index in [0.29, 0.717) is 15.6 Å². The van der Waals surface area contributed by atoms with Gasteiger partial charge in [0.1, 0.15) is 0 Å². The Kier molecular flexibility index (Phi) is 5.88. The van der Waals surface area contributed by atoms with Crippen LogP contribution in [-0.4, -0.2) is 22.3 Å². The van der Waals surface area contributed by atoms with Crippen LogP contribution < -0.4 is 11.1 Å². The first-order chi connectivity index (χ1) is 15.7. The van der Waals surface area contributed by atoms with Crippen LogP contribution in [-0.2, 0) is 0 Å². The van der Waals surface area contributed by atoms with Gasteiger partial charge in [-0.3, -0.25) is 9.78 Å². The van der Waals surface area contributed by atoms with Gasteiger partial charge in [0, 0.05) is 39.1 Å². The molecule has 2 saturated carbocycles. The highest BCUT2D eigenvalue weighted by molar-refractivity contribution is 6.36. The number of carbonyl (C=O) groups is 1. The lowest BCUT2D eigenvalue weighted by molar-refractivity contribution is 0.0968. The number of halogens is 2. The van der Waals surface area contributed by atoms with E-state index in [1.54, 1.807) is 6.20 Å². The molecule has 0 radical (unpaired) electrons. The quantitative estimate of drug-likeness (QED) is 0.378. The molecule has 0 saturated heterocycles. The summed E-state index contributed by atoms with van der Waals surface area (Å²) in [4.78, 5) is 17.8. The third-order valence-electron chi connectivity index (χ3n) is 7.17. The Morgan fingerprint density at radius 2 is 1.73 bits per heavy atom. The van der Waals surface area contributed by atoms with Gasteiger partial charge in [0.05, 0.1) is 16.8 Å². The molecule has 3 aromatic rings. The van der Waals surface area contributed by atoms with Crippen LogP contribution in [0.5, 0.6) is 0 Å². The smallest absolute Gasteiger partial charge is 0.169 e. The van der Waals surface area contributed by atoms with Crippen molar-refractivity contribution in [3.63, 3.8) is 0 Å². The van der Waals surface area contributed by atoms with E-state index in [0.717, 1.165) is 71.8 Å². The Morgan fingerprint density at radius 1 is 1.06 bits per heavy atom. The van der Waals surface area contributed by atoms with Crippen molar-refractivity contribution in [2.45, 2.75) is 64.0 Å². The molecule has 0 amide bonds. The van der Waals surface area contributed by atoms with Crippen molar-refractivity contribution < 1.29 is 4.79 Å². The molecule has 0 unspecified atom stereocenters. The minimum atomic E-state index is -0.109. The Labute approximate surface area is 204 Å². The second-order valence-electron chi connectivity index (χ2n) is 10.1. The molecule has 1 aromatic heterocycles. The maximum absolute atomic E-state index is 13.2. The van der Waals surface area contributed by atoms with E-state index in [1.807, 2.05) is 31.2 Å². The molecule has 0 bridgehead atoms. The molecule has 2 fully saturated rings. The number of hydrogen-bond acceptors (Lipinski definition) is 4. The van der Waals surface area contributed by atoms with Crippen molar-refractivity contribution in [1.82, 2.24) is 4.98 Å². The van der Waals surface area contributed by atoms with Gasteiger partial charge in [-0.2, -0.15) is 0 Å². The summed E-state index contributed by atoms with van der Waals surface area (Å²) in [5.74, 6) is 0.319. The second kappa shape index (κ2) is 8.57. The standard InChI is InChI=1S/C27H29Cl2N3O/c1-15-22(28)12-18(13-23(15)29)17-5-6-24-20(11-17)25(21(14-31-24)26(33)16-3-4-16)32-19-7-9-27(2,30)10-8-19/h5-6,11-14,16,19H,3-4,7-10,30H2,1-2H3,(H,31,32). The molecule has 0 aliphatic heterocycles. The van der Waals surface area contributed by atoms with E-state index >= 15 is 0 Å². The zero-order valence-electron chi connectivity index (χ0n) is 19.1. The third-order valence-corrected chi connectivity index (χ3v) is 7.96. The predicted molar refractivity (Wildman–Crippen MR) is 137 cm³/mol. The fourth-order valence-corrected chi connectivity index (χ4v) is 5.20. The number of anilines is 1. The van der Waals surface area contributed by atoms with Crippen LogP contribution in [0.3, 0.4) is 0 Å². The average molecular weight is 482 g/mol. The Morgan fingerprint density at radius 3 is 2.36 bits per heavy atom. The number of benzene rings is 2. The van der Waals surface area contributed by atoms with Crippen LogP contribution in [0, 0.1) is 12.8 Å². The number of carbonyl (C=O) groups excluding carboxylic acids is 1. The van der Waals surface area contributed by atoms with Crippen LogP contribution in [0.1, 0.15) is 61.4 Å². The van der Waals surface area contributed by atoms with Gasteiger partial charge in [-0.1, -0.05) is 29.3 Å². The van der Waals surface area contributed by atoms with Crippen LogP contribution in [0.15, 0.2) is 36.5 Å². The number of rotatable bonds is 5. The lowest BCUT2D eigenvalue weighted by Crippen LogP contribution is -2.43. The molecular weight excluding hydrogens is 453 g/mol. The van der Waals surface area contributed by atoms with Gasteiger partial charge in [0.2, 0.25) is 0 Å². The summed E-state index contributed by atoms with van der Waals surface area (Å²) in [6.45, 7) is 4.03. The van der Waals surface area contributed by atoms with Crippen molar-refractivity contribution in [1.29, 1.82) is 0 Å². The maximum atomic E-state index is 13.2. The summed E-state index contributed by atoms with van der Waals surface area (Å²) in [5.41, 5.74) is 11.5. The largest absolute Gasteiger partial charge is 0.381 e. The maximum Gasteiger partial charge on any atom is 0.169 e. The third kappa shape index (κ3) is 4.62. The van der Waals surface area contributed by atoms with Gasteiger partial charge in [-0.25, -0.2) is 0 Å². The number of Topliss-reactive ketones (excluding diaryl/α,β-unsaturated/α-hetero) is 1. The van der Waals surface area contributed by atoms with Gasteiger partial charge in [-0.15, -0.1) is 0 Å². The Hall–Kier alpha value is -2.14. The van der Waals surface area contributed by atoms with Crippen LogP contribution >= 0.6 is 23.2 Å². The first kappa shape index (κ1) is 22.6. The number of nitrogens with two attached hydrogens (primary N) is 1. The van der Waals surface area contributed by atoms with Gasteiger partial charge < -0.3 is 11.1 Å². The number of pyridine rings is 1. The van der Waals surface area contributed by atoms with Gasteiger partial charge >= 0.3 is 0 Å². The highest BCUT2D eigenvalue weighted by Gasteiger charge is 2.34. The summed E-state index contributed by atoms with van der Waals surface area (Å²) in [6.07, 6.45) is 7.57. The van der Waals surface area contributed by atoms with Crippen molar-refractivity contribution in [2.24, 2.45) is 11.7 Å². The molecule has 172 valence electrons. The molecule has 0 atom stereocenters. The topological polar surface area (TPSA) is 68.0 Å². The number of hydrogen-bond donors (Lipinski definition) is 2. The molecule has 5 rings (SSSR count).